The number of esters is 1. The van der Waals surface area contributed by atoms with Crippen LogP contribution in [0.3, 0.4) is 0 Å². The zero-order valence-electron chi connectivity index (χ0n) is 18.3. The van der Waals surface area contributed by atoms with Crippen LogP contribution in [0.1, 0.15) is 27.1 Å². The summed E-state index contributed by atoms with van der Waals surface area (Å²) >= 11 is 0. The van der Waals surface area contributed by atoms with E-state index < -0.39 is 41.0 Å². The fraction of sp³-hybridized carbons (Fsp3) is 0.273. The van der Waals surface area contributed by atoms with Gasteiger partial charge in [0, 0.05) is 29.7 Å². The smallest absolute Gasteiger partial charge is 0.311 e. The number of hydrazine groups is 1. The SMILES string of the molecule is COc1ccc(C(=O)NN2C[C@@H](C(=O)OCC(=O)c3ccc([N+](=O)[O-])cc3)CC2=O)cc1OC. The summed E-state index contributed by atoms with van der Waals surface area (Å²) in [6.45, 7) is -0.707. The highest BCUT2D eigenvalue weighted by molar-refractivity contribution is 5.99. The fourth-order valence-electron chi connectivity index (χ4n) is 3.25. The van der Waals surface area contributed by atoms with E-state index in [0.717, 1.165) is 5.01 Å². The monoisotopic (exact) mass is 471 g/mol. The lowest BCUT2D eigenvalue weighted by Gasteiger charge is -2.18. The quantitative estimate of drug-likeness (QED) is 0.248. The molecule has 0 aliphatic carbocycles. The number of nitrogens with zero attached hydrogens (tertiary/aromatic N) is 2. The molecule has 1 fully saturated rings. The molecule has 1 saturated heterocycles. The lowest BCUT2D eigenvalue weighted by molar-refractivity contribution is -0.384. The lowest BCUT2D eigenvalue weighted by atomic mass is 10.1. The third-order valence-corrected chi connectivity index (χ3v) is 5.09. The van der Waals surface area contributed by atoms with Gasteiger partial charge in [-0.3, -0.25) is 39.7 Å². The molecule has 0 saturated carbocycles. The van der Waals surface area contributed by atoms with Crippen LogP contribution in [-0.2, 0) is 14.3 Å². The number of ether oxygens (including phenoxy) is 3. The summed E-state index contributed by atoms with van der Waals surface area (Å²) in [5.41, 5.74) is 2.63. The number of carbonyl (C=O) groups is 4. The summed E-state index contributed by atoms with van der Waals surface area (Å²) in [4.78, 5) is 59.4. The van der Waals surface area contributed by atoms with Crippen LogP contribution in [0.4, 0.5) is 5.69 Å². The van der Waals surface area contributed by atoms with Gasteiger partial charge in [0.25, 0.3) is 11.6 Å². The Hall–Kier alpha value is -4.48. The predicted molar refractivity (Wildman–Crippen MR) is 115 cm³/mol. The van der Waals surface area contributed by atoms with E-state index in [1.165, 1.54) is 50.6 Å². The lowest BCUT2D eigenvalue weighted by Crippen LogP contribution is -2.43. The van der Waals surface area contributed by atoms with E-state index in [2.05, 4.69) is 5.43 Å². The van der Waals surface area contributed by atoms with E-state index in [1.807, 2.05) is 0 Å². The highest BCUT2D eigenvalue weighted by Crippen LogP contribution is 2.27. The first-order valence-corrected chi connectivity index (χ1v) is 10.0. The maximum atomic E-state index is 12.5. The second-order valence-electron chi connectivity index (χ2n) is 7.25. The molecule has 34 heavy (non-hydrogen) atoms. The molecule has 0 aromatic heterocycles. The van der Waals surface area contributed by atoms with Crippen LogP contribution >= 0.6 is 0 Å². The van der Waals surface area contributed by atoms with E-state index in [0.29, 0.717) is 11.5 Å². The van der Waals surface area contributed by atoms with Crippen LogP contribution in [-0.4, -0.2) is 60.9 Å². The number of rotatable bonds is 9. The molecule has 1 aliphatic heterocycles. The normalized spacial score (nSPS) is 14.9. The molecular formula is C22H21N3O9. The highest BCUT2D eigenvalue weighted by atomic mass is 16.6. The number of amides is 2. The number of carbonyl (C=O) groups excluding carboxylic acids is 4. The minimum absolute atomic E-state index is 0.123. The highest BCUT2D eigenvalue weighted by Gasteiger charge is 2.37. The van der Waals surface area contributed by atoms with Gasteiger partial charge in [-0.2, -0.15) is 0 Å². The van der Waals surface area contributed by atoms with Gasteiger partial charge in [0.05, 0.1) is 31.6 Å². The average molecular weight is 471 g/mol. The van der Waals surface area contributed by atoms with Gasteiger partial charge in [0.2, 0.25) is 5.91 Å². The average Bonchev–Trinajstić information content (AvgIpc) is 3.21. The maximum Gasteiger partial charge on any atom is 0.311 e. The van der Waals surface area contributed by atoms with Crippen LogP contribution < -0.4 is 14.9 Å². The molecule has 0 unspecified atom stereocenters. The Morgan fingerprint density at radius 2 is 1.71 bits per heavy atom. The number of ketones is 1. The summed E-state index contributed by atoms with van der Waals surface area (Å²) in [5, 5.41) is 11.7. The first kappa shape index (κ1) is 24.2. The van der Waals surface area contributed by atoms with E-state index in [1.54, 1.807) is 6.07 Å². The van der Waals surface area contributed by atoms with Crippen molar-refractivity contribution in [1.82, 2.24) is 10.4 Å². The number of nitrogens with one attached hydrogen (secondary N) is 1. The van der Waals surface area contributed by atoms with E-state index >= 15 is 0 Å². The zero-order valence-corrected chi connectivity index (χ0v) is 18.3. The van der Waals surface area contributed by atoms with Crippen molar-refractivity contribution in [3.8, 4) is 11.5 Å². The summed E-state index contributed by atoms with van der Waals surface area (Å²) in [6.07, 6.45) is -0.198. The van der Waals surface area contributed by atoms with Crippen molar-refractivity contribution >= 4 is 29.3 Å². The number of nitro benzene ring substituents is 1. The van der Waals surface area contributed by atoms with Gasteiger partial charge in [0.15, 0.2) is 23.9 Å². The Morgan fingerprint density at radius 3 is 2.32 bits per heavy atom. The van der Waals surface area contributed by atoms with E-state index in [4.69, 9.17) is 14.2 Å². The molecule has 2 amide bonds. The minimum Gasteiger partial charge on any atom is -0.493 e. The standard InChI is InChI=1S/C22H21N3O9/c1-32-18-8-5-14(9-19(18)33-2)21(28)23-24-11-15(10-20(24)27)22(29)34-12-17(26)13-3-6-16(7-4-13)25(30)31/h3-9,15H,10-12H2,1-2H3,(H,23,28)/t15-/m0/s1. The van der Waals surface area contributed by atoms with E-state index in [9.17, 15) is 29.3 Å². The van der Waals surface area contributed by atoms with Crippen molar-refractivity contribution in [2.45, 2.75) is 6.42 Å². The maximum absolute atomic E-state index is 12.5. The Bertz CT molecular complexity index is 1130. The Morgan fingerprint density at radius 1 is 1.06 bits per heavy atom. The number of hydrogen-bond acceptors (Lipinski definition) is 9. The Balaban J connectivity index is 1.54. The molecule has 0 radical (unpaired) electrons. The molecule has 178 valence electrons. The Kier molecular flexibility index (Phi) is 7.41. The summed E-state index contributed by atoms with van der Waals surface area (Å²) in [7, 11) is 2.88. The molecule has 12 heteroatoms. The number of non-ortho nitro benzene ring substituents is 1. The van der Waals surface area contributed by atoms with Crippen LogP contribution in [0.15, 0.2) is 42.5 Å². The second-order valence-corrected chi connectivity index (χ2v) is 7.25. The summed E-state index contributed by atoms with van der Waals surface area (Å²) < 4.78 is 15.3. The second kappa shape index (κ2) is 10.4. The molecular weight excluding hydrogens is 450 g/mol. The third-order valence-electron chi connectivity index (χ3n) is 5.09. The van der Waals surface area contributed by atoms with Crippen LogP contribution in [0.25, 0.3) is 0 Å². The number of benzene rings is 2. The predicted octanol–water partition coefficient (Wildman–Crippen LogP) is 1.53. The van der Waals surface area contributed by atoms with Crippen LogP contribution in [0, 0.1) is 16.0 Å². The molecule has 1 N–H and O–H groups in total. The van der Waals surface area contributed by atoms with E-state index in [-0.39, 0.29) is 29.8 Å². The summed E-state index contributed by atoms with van der Waals surface area (Å²) in [5.74, 6) is -2.50. The largest absolute Gasteiger partial charge is 0.493 e. The molecule has 2 aromatic rings. The van der Waals surface area contributed by atoms with Crippen molar-refractivity contribution in [3.05, 3.63) is 63.7 Å². The molecule has 3 rings (SSSR count). The molecule has 1 atom stereocenters. The molecule has 1 heterocycles. The van der Waals surface area contributed by atoms with Gasteiger partial charge in [-0.15, -0.1) is 0 Å². The molecule has 0 bridgehead atoms. The number of methoxy groups -OCH3 is 2. The van der Waals surface area contributed by atoms with Gasteiger partial charge in [-0.1, -0.05) is 0 Å². The third kappa shape index (κ3) is 5.46. The molecule has 0 spiro atoms. The van der Waals surface area contributed by atoms with Crippen molar-refractivity contribution in [1.29, 1.82) is 0 Å². The number of nitro groups is 1. The fourth-order valence-corrected chi connectivity index (χ4v) is 3.25. The molecule has 1 aliphatic rings. The van der Waals surface area contributed by atoms with Gasteiger partial charge in [-0.05, 0) is 30.3 Å². The van der Waals surface area contributed by atoms with Crippen molar-refractivity contribution in [2.24, 2.45) is 5.92 Å². The zero-order chi connectivity index (χ0) is 24.8. The van der Waals surface area contributed by atoms with Crippen LogP contribution in [0.5, 0.6) is 11.5 Å². The van der Waals surface area contributed by atoms with Gasteiger partial charge >= 0.3 is 5.97 Å². The summed E-state index contributed by atoms with van der Waals surface area (Å²) in [6, 6.07) is 9.35. The van der Waals surface area contributed by atoms with Crippen molar-refractivity contribution in [3.63, 3.8) is 0 Å². The first-order chi connectivity index (χ1) is 16.2. The Labute approximate surface area is 193 Å². The van der Waals surface area contributed by atoms with Gasteiger partial charge in [0.1, 0.15) is 0 Å². The molecule has 2 aromatic carbocycles. The minimum atomic E-state index is -0.872. The van der Waals surface area contributed by atoms with Crippen molar-refractivity contribution in [2.75, 3.05) is 27.4 Å². The first-order valence-electron chi connectivity index (χ1n) is 10.0. The number of Topliss-reactive ketones (excluding diaryl/α,β-unsaturated/α-hetero) is 1. The van der Waals surface area contributed by atoms with Gasteiger partial charge < -0.3 is 14.2 Å². The number of hydrogen-bond donors (Lipinski definition) is 1. The van der Waals surface area contributed by atoms with Gasteiger partial charge in [-0.25, -0.2) is 0 Å². The topological polar surface area (TPSA) is 154 Å². The van der Waals surface area contributed by atoms with Crippen molar-refractivity contribution < 1.29 is 38.3 Å². The molecule has 12 nitrogen and oxygen atoms in total. The van der Waals surface area contributed by atoms with Crippen LogP contribution in [0.2, 0.25) is 0 Å².